The Hall–Kier alpha value is -1.61. The van der Waals surface area contributed by atoms with Gasteiger partial charge in [-0.3, -0.25) is 4.79 Å². The summed E-state index contributed by atoms with van der Waals surface area (Å²) in [6.07, 6.45) is 1.30. The third kappa shape index (κ3) is 4.71. The topological polar surface area (TPSA) is 29.1 Å². The van der Waals surface area contributed by atoms with Gasteiger partial charge in [0.1, 0.15) is 0 Å². The lowest BCUT2D eigenvalue weighted by Gasteiger charge is -2.15. The van der Waals surface area contributed by atoms with Crippen LogP contribution in [0.2, 0.25) is 0 Å². The number of amides is 1. The number of carbonyl (C=O) groups excluding carboxylic acids is 1. The van der Waals surface area contributed by atoms with Crippen LogP contribution in [0, 0.1) is 6.92 Å². The average Bonchev–Trinajstić information content (AvgIpc) is 2.46. The zero-order valence-corrected chi connectivity index (χ0v) is 14.0. The van der Waals surface area contributed by atoms with Crippen molar-refractivity contribution in [2.24, 2.45) is 0 Å². The number of rotatable bonds is 5. The molecule has 0 aliphatic heterocycles. The van der Waals surface area contributed by atoms with Gasteiger partial charge >= 0.3 is 0 Å². The zero-order chi connectivity index (χ0) is 15.2. The summed E-state index contributed by atoms with van der Waals surface area (Å²) < 4.78 is 1.03. The molecule has 0 heterocycles. The molecule has 0 radical (unpaired) electrons. The highest BCUT2D eigenvalue weighted by molar-refractivity contribution is 9.10. The van der Waals surface area contributed by atoms with Gasteiger partial charge < -0.3 is 5.32 Å². The molecule has 21 heavy (non-hydrogen) atoms. The molecule has 2 nitrogen and oxygen atoms in total. The summed E-state index contributed by atoms with van der Waals surface area (Å²) in [7, 11) is 0. The van der Waals surface area contributed by atoms with Gasteiger partial charge in [0.05, 0.1) is 6.04 Å². The molecule has 0 fully saturated rings. The molecule has 1 atom stereocenters. The summed E-state index contributed by atoms with van der Waals surface area (Å²) in [6, 6.07) is 16.2. The molecule has 1 N–H and O–H groups in total. The van der Waals surface area contributed by atoms with Crippen molar-refractivity contribution in [2.45, 2.75) is 32.7 Å². The molecule has 0 saturated carbocycles. The van der Waals surface area contributed by atoms with Crippen LogP contribution in [-0.4, -0.2) is 5.91 Å². The van der Waals surface area contributed by atoms with Crippen LogP contribution in [-0.2, 0) is 11.2 Å². The summed E-state index contributed by atoms with van der Waals surface area (Å²) in [5.41, 5.74) is 3.58. The molecule has 1 amide bonds. The second-order valence-corrected chi connectivity index (χ2v) is 6.19. The predicted octanol–water partition coefficient (Wildman–Crippen LogP) is 4.57. The molecule has 3 heteroatoms. The Balaban J connectivity index is 1.89. The first kappa shape index (κ1) is 15.8. The molecule has 2 aromatic carbocycles. The van der Waals surface area contributed by atoms with Gasteiger partial charge in [-0.05, 0) is 49.1 Å². The van der Waals surface area contributed by atoms with E-state index in [1.807, 2.05) is 43.3 Å². The van der Waals surface area contributed by atoms with Crippen LogP contribution in [0.1, 0.15) is 36.1 Å². The third-order valence-electron chi connectivity index (χ3n) is 3.61. The second kappa shape index (κ2) is 7.41. The standard InChI is InChI=1S/C18H20BrNO/c1-13-6-3-4-7-15(13)10-11-18(21)20-14(2)16-8-5-9-17(19)12-16/h3-9,12,14H,10-11H2,1-2H3,(H,20,21). The Morgan fingerprint density at radius 2 is 1.95 bits per heavy atom. The van der Waals surface area contributed by atoms with E-state index in [2.05, 4.69) is 40.3 Å². The van der Waals surface area contributed by atoms with Crippen molar-refractivity contribution in [1.29, 1.82) is 0 Å². The molecule has 1 unspecified atom stereocenters. The zero-order valence-electron chi connectivity index (χ0n) is 12.4. The molecule has 0 bridgehead atoms. The largest absolute Gasteiger partial charge is 0.350 e. The van der Waals surface area contributed by atoms with Crippen LogP contribution in [0.4, 0.5) is 0 Å². The highest BCUT2D eigenvalue weighted by Crippen LogP contribution is 2.18. The maximum Gasteiger partial charge on any atom is 0.220 e. The summed E-state index contributed by atoms with van der Waals surface area (Å²) in [6.45, 7) is 4.09. The normalized spacial score (nSPS) is 12.0. The highest BCUT2D eigenvalue weighted by atomic mass is 79.9. The molecule has 2 aromatic rings. The lowest BCUT2D eigenvalue weighted by atomic mass is 10.0. The molecule has 0 spiro atoms. The van der Waals surface area contributed by atoms with Gasteiger partial charge in [0.15, 0.2) is 0 Å². The Bertz CT molecular complexity index is 624. The Morgan fingerprint density at radius 3 is 2.67 bits per heavy atom. The van der Waals surface area contributed by atoms with Gasteiger partial charge in [0.25, 0.3) is 0 Å². The second-order valence-electron chi connectivity index (χ2n) is 5.27. The smallest absolute Gasteiger partial charge is 0.220 e. The fraction of sp³-hybridized carbons (Fsp3) is 0.278. The van der Waals surface area contributed by atoms with E-state index in [1.54, 1.807) is 0 Å². The highest BCUT2D eigenvalue weighted by Gasteiger charge is 2.10. The number of nitrogens with one attached hydrogen (secondary N) is 1. The van der Waals surface area contributed by atoms with E-state index in [0.29, 0.717) is 6.42 Å². The monoisotopic (exact) mass is 345 g/mol. The van der Waals surface area contributed by atoms with E-state index in [4.69, 9.17) is 0 Å². The van der Waals surface area contributed by atoms with Crippen molar-refractivity contribution >= 4 is 21.8 Å². The number of aryl methyl sites for hydroxylation is 2. The predicted molar refractivity (Wildman–Crippen MR) is 90.2 cm³/mol. The Kier molecular flexibility index (Phi) is 5.57. The van der Waals surface area contributed by atoms with Gasteiger partial charge in [0, 0.05) is 10.9 Å². The van der Waals surface area contributed by atoms with E-state index in [1.165, 1.54) is 11.1 Å². The molecule has 0 aliphatic rings. The first-order valence-electron chi connectivity index (χ1n) is 7.15. The van der Waals surface area contributed by atoms with E-state index in [-0.39, 0.29) is 11.9 Å². The Morgan fingerprint density at radius 1 is 1.19 bits per heavy atom. The first-order valence-corrected chi connectivity index (χ1v) is 7.95. The summed E-state index contributed by atoms with van der Waals surface area (Å²) in [5.74, 6) is 0.0886. The van der Waals surface area contributed by atoms with E-state index in [9.17, 15) is 4.79 Å². The summed E-state index contributed by atoms with van der Waals surface area (Å²) in [5, 5.41) is 3.05. The van der Waals surface area contributed by atoms with Crippen molar-refractivity contribution < 1.29 is 4.79 Å². The Labute approximate surface area is 134 Å². The van der Waals surface area contributed by atoms with Gasteiger partial charge in [-0.2, -0.15) is 0 Å². The van der Waals surface area contributed by atoms with Crippen molar-refractivity contribution in [3.63, 3.8) is 0 Å². The SMILES string of the molecule is Cc1ccccc1CCC(=O)NC(C)c1cccc(Br)c1. The minimum absolute atomic E-state index is 0.0203. The fourth-order valence-corrected chi connectivity index (χ4v) is 2.73. The average molecular weight is 346 g/mol. The quantitative estimate of drug-likeness (QED) is 0.844. The summed E-state index contributed by atoms with van der Waals surface area (Å²) in [4.78, 5) is 12.1. The van der Waals surface area contributed by atoms with Crippen molar-refractivity contribution in [3.05, 3.63) is 69.7 Å². The minimum Gasteiger partial charge on any atom is -0.350 e. The fourth-order valence-electron chi connectivity index (χ4n) is 2.31. The van der Waals surface area contributed by atoms with Crippen LogP contribution in [0.25, 0.3) is 0 Å². The maximum absolute atomic E-state index is 12.1. The molecule has 0 aliphatic carbocycles. The number of benzene rings is 2. The first-order chi connectivity index (χ1) is 10.1. The lowest BCUT2D eigenvalue weighted by Crippen LogP contribution is -2.26. The van der Waals surface area contributed by atoms with Crippen LogP contribution in [0.15, 0.2) is 53.0 Å². The van der Waals surface area contributed by atoms with Crippen molar-refractivity contribution in [2.75, 3.05) is 0 Å². The number of halogens is 1. The van der Waals surface area contributed by atoms with Crippen LogP contribution in [0.5, 0.6) is 0 Å². The molecular formula is C18H20BrNO. The number of hydrogen-bond donors (Lipinski definition) is 1. The number of carbonyl (C=O) groups is 1. The molecule has 0 saturated heterocycles. The summed E-state index contributed by atoms with van der Waals surface area (Å²) >= 11 is 3.45. The minimum atomic E-state index is 0.0203. The van der Waals surface area contributed by atoms with Gasteiger partial charge in [-0.1, -0.05) is 52.3 Å². The van der Waals surface area contributed by atoms with E-state index in [0.717, 1.165) is 16.5 Å². The van der Waals surface area contributed by atoms with Gasteiger partial charge in [-0.15, -0.1) is 0 Å². The van der Waals surface area contributed by atoms with E-state index < -0.39 is 0 Å². The van der Waals surface area contributed by atoms with Crippen LogP contribution >= 0.6 is 15.9 Å². The molecule has 2 rings (SSSR count). The van der Waals surface area contributed by atoms with Crippen molar-refractivity contribution in [3.8, 4) is 0 Å². The van der Waals surface area contributed by atoms with Crippen LogP contribution < -0.4 is 5.32 Å². The molecule has 0 aromatic heterocycles. The van der Waals surface area contributed by atoms with Gasteiger partial charge in [0.2, 0.25) is 5.91 Å². The van der Waals surface area contributed by atoms with E-state index >= 15 is 0 Å². The van der Waals surface area contributed by atoms with Crippen LogP contribution in [0.3, 0.4) is 0 Å². The lowest BCUT2D eigenvalue weighted by molar-refractivity contribution is -0.121. The number of hydrogen-bond acceptors (Lipinski definition) is 1. The van der Waals surface area contributed by atoms with Crippen molar-refractivity contribution in [1.82, 2.24) is 5.32 Å². The third-order valence-corrected chi connectivity index (χ3v) is 4.10. The molecular weight excluding hydrogens is 326 g/mol. The molecule has 110 valence electrons. The maximum atomic E-state index is 12.1. The van der Waals surface area contributed by atoms with Gasteiger partial charge in [-0.25, -0.2) is 0 Å².